The highest BCUT2D eigenvalue weighted by Crippen LogP contribution is 2.59. The van der Waals surface area contributed by atoms with Crippen molar-refractivity contribution >= 4 is 28.3 Å². The summed E-state index contributed by atoms with van der Waals surface area (Å²) in [4.78, 5) is 20.6. The summed E-state index contributed by atoms with van der Waals surface area (Å²) in [5, 5.41) is 25.3. The summed E-state index contributed by atoms with van der Waals surface area (Å²) in [5.74, 6) is -0.576. The number of furan rings is 1. The Hall–Kier alpha value is -4.15. The Labute approximate surface area is 324 Å². The lowest BCUT2D eigenvalue weighted by Crippen LogP contribution is -2.53. The van der Waals surface area contributed by atoms with Crippen LogP contribution in [0.1, 0.15) is 102 Å². The summed E-state index contributed by atoms with van der Waals surface area (Å²) in [7, 11) is 0. The van der Waals surface area contributed by atoms with Gasteiger partial charge in [0, 0.05) is 52.8 Å². The van der Waals surface area contributed by atoms with Gasteiger partial charge in [0.2, 0.25) is 5.78 Å². The van der Waals surface area contributed by atoms with Crippen LogP contribution in [0.15, 0.2) is 88.9 Å². The number of hydrogen-bond acceptors (Lipinski definition) is 5. The number of para-hydroxylation sites is 1. The molecule has 0 spiro atoms. The van der Waals surface area contributed by atoms with Crippen molar-refractivity contribution in [1.29, 1.82) is 0 Å². The molecule has 55 heavy (non-hydrogen) atoms. The van der Waals surface area contributed by atoms with Crippen LogP contribution in [-0.4, -0.2) is 50.7 Å². The number of rotatable bonds is 5. The second-order valence-corrected chi connectivity index (χ2v) is 16.6. The molecule has 0 amide bonds. The van der Waals surface area contributed by atoms with E-state index in [9.17, 15) is 28.2 Å². The fourth-order valence-electron chi connectivity index (χ4n) is 9.58. The Bertz CT molecular complexity index is 2290. The van der Waals surface area contributed by atoms with Crippen molar-refractivity contribution in [1.82, 2.24) is 9.88 Å². The predicted octanol–water partition coefficient (Wildman–Crippen LogP) is 10.4. The Balaban J connectivity index is 1.16. The van der Waals surface area contributed by atoms with Crippen molar-refractivity contribution in [2.75, 3.05) is 13.1 Å². The number of allylic oxidation sites excluding steroid dienone is 2. The quantitative estimate of drug-likeness (QED) is 0.122. The number of β-amino-alcohol motifs (C(OH)–C–C–N with tert-alkyl or cyclic N) is 1. The predicted molar refractivity (Wildman–Crippen MR) is 208 cm³/mol. The van der Waals surface area contributed by atoms with E-state index in [1.165, 1.54) is 40.4 Å². The maximum Gasteiger partial charge on any atom is 0.416 e. The van der Waals surface area contributed by atoms with Crippen LogP contribution in [0.3, 0.4) is 0 Å². The number of halogens is 4. The minimum absolute atomic E-state index is 0.0282. The van der Waals surface area contributed by atoms with Gasteiger partial charge in [0.15, 0.2) is 5.76 Å². The molecule has 4 aliphatic rings. The molecule has 4 atom stereocenters. The van der Waals surface area contributed by atoms with E-state index in [0.717, 1.165) is 54.6 Å². The summed E-state index contributed by atoms with van der Waals surface area (Å²) in [6.07, 6.45) is 2.24. The van der Waals surface area contributed by atoms with Gasteiger partial charge >= 0.3 is 6.18 Å². The molecule has 3 heterocycles. The average molecular weight is 771 g/mol. The topological polar surface area (TPSA) is 89.7 Å². The number of carbonyl (C=O) groups is 1. The normalized spacial score (nSPS) is 25.1. The van der Waals surface area contributed by atoms with Crippen molar-refractivity contribution < 1.29 is 32.6 Å². The molecule has 10 heteroatoms. The Morgan fingerprint density at radius 3 is 2.67 bits per heavy atom. The van der Waals surface area contributed by atoms with Crippen LogP contribution >= 0.6 is 11.6 Å². The number of aromatic nitrogens is 1. The highest BCUT2D eigenvalue weighted by Gasteiger charge is 2.57. The highest BCUT2D eigenvalue weighted by atomic mass is 35.5. The first kappa shape index (κ1) is 37.8. The number of aromatic amines is 1. The zero-order chi connectivity index (χ0) is 38.7. The van der Waals surface area contributed by atoms with Crippen molar-refractivity contribution in [3.63, 3.8) is 0 Å². The van der Waals surface area contributed by atoms with E-state index in [1.807, 2.05) is 24.3 Å². The molecule has 9 rings (SSSR count). The number of hydrogen-bond donors (Lipinski definition) is 3. The summed E-state index contributed by atoms with van der Waals surface area (Å²) >= 11 is 6.34. The summed E-state index contributed by atoms with van der Waals surface area (Å²) in [6.45, 7) is 6.30. The maximum absolute atomic E-state index is 14.6. The summed E-state index contributed by atoms with van der Waals surface area (Å²) in [5.41, 5.74) is 4.35. The average Bonchev–Trinajstić information content (AvgIpc) is 3.84. The SMILES string of the molecule is CC1=CCC[C@@]2(C)[C@@H](CC[C@@]2(O)CN2CCc3c([nH]c4ccccc34)C2)c2ccc(cc2C(=O)c2ccc(-c3cc(C(F)(F)F)ccc3Cl)o2)C[C@@H](O)CC1. The smallest absolute Gasteiger partial charge is 0.416 e. The third-order valence-electron chi connectivity index (χ3n) is 12.8. The molecule has 0 unspecified atom stereocenters. The number of alkyl halides is 3. The molecule has 2 aromatic heterocycles. The molecule has 6 nitrogen and oxygen atoms in total. The van der Waals surface area contributed by atoms with Crippen molar-refractivity contribution in [2.24, 2.45) is 5.41 Å². The zero-order valence-corrected chi connectivity index (χ0v) is 31.9. The van der Waals surface area contributed by atoms with Crippen LogP contribution in [-0.2, 0) is 25.6 Å². The Morgan fingerprint density at radius 2 is 1.85 bits per heavy atom. The number of nitrogens with zero attached hydrogens (tertiary/aromatic N) is 1. The van der Waals surface area contributed by atoms with Crippen LogP contribution in [0.2, 0.25) is 5.02 Å². The minimum Gasteiger partial charge on any atom is -0.453 e. The number of aliphatic hydroxyl groups excluding tert-OH is 1. The van der Waals surface area contributed by atoms with Gasteiger partial charge in [0.25, 0.3) is 0 Å². The molecule has 3 aromatic carbocycles. The number of H-pyrrole nitrogens is 1. The molecular formula is C45H46ClF3N2O4. The van der Waals surface area contributed by atoms with Crippen LogP contribution in [0.5, 0.6) is 0 Å². The lowest BCUT2D eigenvalue weighted by Gasteiger charge is -2.46. The first-order valence-corrected chi connectivity index (χ1v) is 19.6. The third-order valence-corrected chi connectivity index (χ3v) is 13.1. The van der Waals surface area contributed by atoms with Crippen LogP contribution in [0, 0.1) is 5.41 Å². The number of fused-ring (bicyclic) bond motifs is 11. The van der Waals surface area contributed by atoms with Gasteiger partial charge in [-0.2, -0.15) is 13.2 Å². The van der Waals surface area contributed by atoms with E-state index in [0.29, 0.717) is 50.8 Å². The van der Waals surface area contributed by atoms with E-state index in [4.69, 9.17) is 16.0 Å². The lowest BCUT2D eigenvalue weighted by molar-refractivity contribution is -0.137. The van der Waals surface area contributed by atoms with E-state index in [-0.39, 0.29) is 28.0 Å². The standard InChI is InChI=1S/C45H46ClF3N2O4/c1-27-6-5-19-43(2)36(17-20-44(43,54)26-51-21-18-33-32-7-3-4-8-38(32)50-39(33)25-51)31-13-10-28(22-30(52)12-9-27)23-34(31)42(53)41-16-15-40(55-41)35-24-29(45(47,48)49)11-14-37(35)46/h3-4,6-8,10-11,13-16,23-24,30,36,50,52,54H,5,9,12,17-22,25-26H2,1-2H3/t30-,36-,43-,44+/m0/s1. The largest absolute Gasteiger partial charge is 0.453 e. The molecule has 1 aliphatic heterocycles. The monoisotopic (exact) mass is 770 g/mol. The molecule has 3 N–H and O–H groups in total. The highest BCUT2D eigenvalue weighted by molar-refractivity contribution is 6.33. The van der Waals surface area contributed by atoms with E-state index < -0.39 is 34.6 Å². The summed E-state index contributed by atoms with van der Waals surface area (Å²) < 4.78 is 46.8. The fourth-order valence-corrected chi connectivity index (χ4v) is 9.79. The minimum atomic E-state index is -4.58. The molecule has 3 aliphatic carbocycles. The number of carbonyl (C=O) groups excluding carboxylic acids is 1. The molecule has 0 radical (unpaired) electrons. The van der Waals surface area contributed by atoms with Gasteiger partial charge in [0.1, 0.15) is 5.76 Å². The van der Waals surface area contributed by atoms with Crippen molar-refractivity contribution in [2.45, 2.75) is 95.6 Å². The van der Waals surface area contributed by atoms with Gasteiger partial charge in [-0.05, 0) is 123 Å². The van der Waals surface area contributed by atoms with Crippen LogP contribution in [0.4, 0.5) is 13.2 Å². The number of benzene rings is 3. The number of aliphatic hydroxyl groups is 2. The number of nitrogens with one attached hydrogen (secondary N) is 1. The third kappa shape index (κ3) is 7.09. The van der Waals surface area contributed by atoms with E-state index in [2.05, 4.69) is 48.0 Å². The second kappa shape index (κ2) is 14.4. The molecule has 288 valence electrons. The molecular weight excluding hydrogens is 725 g/mol. The number of ketones is 1. The van der Waals surface area contributed by atoms with Crippen molar-refractivity contribution in [3.8, 4) is 11.3 Å². The zero-order valence-electron chi connectivity index (χ0n) is 31.1. The summed E-state index contributed by atoms with van der Waals surface area (Å²) in [6, 6.07) is 20.1. The van der Waals surface area contributed by atoms with Gasteiger partial charge in [-0.15, -0.1) is 0 Å². The molecule has 2 bridgehead atoms. The van der Waals surface area contributed by atoms with Gasteiger partial charge in [-0.25, -0.2) is 0 Å². The Morgan fingerprint density at radius 1 is 1.04 bits per heavy atom. The first-order valence-electron chi connectivity index (χ1n) is 19.2. The van der Waals surface area contributed by atoms with Gasteiger partial charge in [-0.3, -0.25) is 9.69 Å². The van der Waals surface area contributed by atoms with Crippen LogP contribution < -0.4 is 0 Å². The lowest BCUT2D eigenvalue weighted by atomic mass is 9.64. The maximum atomic E-state index is 14.6. The van der Waals surface area contributed by atoms with Gasteiger partial charge in [0.05, 0.1) is 22.3 Å². The molecule has 0 saturated heterocycles. The molecule has 1 fully saturated rings. The second-order valence-electron chi connectivity index (χ2n) is 16.2. The van der Waals surface area contributed by atoms with Crippen molar-refractivity contribution in [3.05, 3.63) is 129 Å². The van der Waals surface area contributed by atoms with E-state index >= 15 is 0 Å². The van der Waals surface area contributed by atoms with Gasteiger partial charge in [-0.1, -0.05) is 60.5 Å². The van der Waals surface area contributed by atoms with Crippen LogP contribution in [0.25, 0.3) is 22.2 Å². The van der Waals surface area contributed by atoms with Gasteiger partial charge < -0.3 is 19.6 Å². The molecule has 5 aromatic rings. The fraction of sp³-hybridized carbons (Fsp3) is 0.400. The van der Waals surface area contributed by atoms with E-state index in [1.54, 1.807) is 0 Å². The Kier molecular flexibility index (Phi) is 9.89. The first-order chi connectivity index (χ1) is 26.2. The molecule has 1 saturated carbocycles.